The van der Waals surface area contributed by atoms with E-state index in [-0.39, 0.29) is 24.1 Å². The number of aliphatic hydroxyl groups is 1. The molecule has 1 saturated heterocycles. The molecule has 1 unspecified atom stereocenters. The first kappa shape index (κ1) is 50.9. The number of aromatic nitrogens is 2. The van der Waals surface area contributed by atoms with E-state index in [2.05, 4.69) is 44.5 Å². The Bertz CT molecular complexity index is 1430. The molecule has 1 aliphatic heterocycles. The lowest BCUT2D eigenvalue weighted by Gasteiger charge is -2.15. The molecule has 3 aliphatic rings. The number of carbonyl (C=O) groups excluding carboxylic acids is 4. The number of primary amides is 1. The average molecular weight is 793 g/mol. The van der Waals surface area contributed by atoms with Crippen LogP contribution in [-0.2, 0) is 25.5 Å². The molecular weight excluding hydrogens is 725 g/mol. The van der Waals surface area contributed by atoms with Crippen molar-refractivity contribution in [2.24, 2.45) is 11.7 Å². The summed E-state index contributed by atoms with van der Waals surface area (Å²) in [5.41, 5.74) is 7.04. The number of methoxy groups -OCH3 is 1. The van der Waals surface area contributed by atoms with Crippen LogP contribution in [-0.4, -0.2) is 95.0 Å². The number of aromatic amines is 1. The monoisotopic (exact) mass is 792 g/mol. The Kier molecular flexibility index (Phi) is 28.8. The molecule has 6 N–H and O–H groups in total. The zero-order valence-electron chi connectivity index (χ0n) is 33.9. The normalized spacial score (nSPS) is 14.2. The molecule has 312 valence electrons. The Morgan fingerprint density at radius 2 is 1.75 bits per heavy atom. The summed E-state index contributed by atoms with van der Waals surface area (Å²) in [6.45, 7) is 14.6. The van der Waals surface area contributed by atoms with E-state index in [1.54, 1.807) is 32.8 Å². The first-order chi connectivity index (χ1) is 26.3. The molecule has 1 aromatic heterocycles. The summed E-state index contributed by atoms with van der Waals surface area (Å²) in [6, 6.07) is 4.95. The van der Waals surface area contributed by atoms with E-state index in [1.807, 2.05) is 32.0 Å². The van der Waals surface area contributed by atoms with Crippen molar-refractivity contribution in [2.75, 3.05) is 33.4 Å². The van der Waals surface area contributed by atoms with Gasteiger partial charge in [0.05, 0.1) is 24.8 Å². The lowest BCUT2D eigenvalue weighted by atomic mass is 10.1. The smallest absolute Gasteiger partial charge is 0.407 e. The van der Waals surface area contributed by atoms with Crippen LogP contribution in [0.25, 0.3) is 11.0 Å². The van der Waals surface area contributed by atoms with Crippen molar-refractivity contribution in [1.82, 2.24) is 25.5 Å². The largest absolute Gasteiger partial charge is 0.497 e. The van der Waals surface area contributed by atoms with Crippen LogP contribution in [0.1, 0.15) is 111 Å². The molecule has 14 nitrogen and oxygen atoms in total. The number of hydrogen-bond donors (Lipinski definition) is 6. The van der Waals surface area contributed by atoms with Gasteiger partial charge in [0.1, 0.15) is 24.0 Å². The number of unbranched alkanes of at least 4 members (excludes halogenated alkanes) is 2. The molecule has 0 bridgehead atoms. The molecule has 3 fully saturated rings. The van der Waals surface area contributed by atoms with Crippen molar-refractivity contribution in [2.45, 2.75) is 129 Å². The number of benzene rings is 1. The number of fused-ring (bicyclic) bond motifs is 1. The predicted octanol–water partition coefficient (Wildman–Crippen LogP) is 5.45. The number of nitrogens with two attached hydrogens (primary N) is 1. The van der Waals surface area contributed by atoms with Crippen LogP contribution < -0.4 is 26.7 Å². The van der Waals surface area contributed by atoms with Crippen molar-refractivity contribution in [1.29, 1.82) is 0 Å². The lowest BCUT2D eigenvalue weighted by Crippen LogP contribution is -2.40. The fourth-order valence-electron chi connectivity index (χ4n) is 4.71. The van der Waals surface area contributed by atoms with Crippen LogP contribution in [0.3, 0.4) is 0 Å². The van der Waals surface area contributed by atoms with Gasteiger partial charge in [0.25, 0.3) is 5.56 Å². The van der Waals surface area contributed by atoms with Crippen molar-refractivity contribution < 1.29 is 33.8 Å². The van der Waals surface area contributed by atoms with E-state index in [9.17, 15) is 24.0 Å². The summed E-state index contributed by atoms with van der Waals surface area (Å²) in [5, 5.41) is 13.5. The molecule has 4 amide bonds. The minimum atomic E-state index is -0.616. The minimum absolute atomic E-state index is 0.0319. The zero-order valence-corrected chi connectivity index (χ0v) is 34.8. The fourth-order valence-corrected chi connectivity index (χ4v) is 4.86. The number of thiol groups is 1. The Hall–Kier alpha value is -4.11. The number of rotatable bonds is 15. The maximum atomic E-state index is 12.1. The molecule has 0 spiro atoms. The number of H-pyrrole nitrogens is 1. The maximum Gasteiger partial charge on any atom is 0.407 e. The molecular formula is C40H68N6O8S. The van der Waals surface area contributed by atoms with Gasteiger partial charge in [-0.1, -0.05) is 52.0 Å². The molecule has 1 atom stereocenters. The van der Waals surface area contributed by atoms with E-state index < -0.39 is 18.0 Å². The molecule has 15 heteroatoms. The molecule has 5 rings (SSSR count). The quantitative estimate of drug-likeness (QED) is 0.0586. The summed E-state index contributed by atoms with van der Waals surface area (Å²) in [6.07, 6.45) is 15.0. The SMILES string of the molecule is C=CCC(NC=O)C(N)=O.CC.CC(C)O.CCOC(=O)NCC(=O)N1CCCC1.COc1ccc2nc(CCCCCC3CC3)c(=O)[nH]c2c1.SC1CC1. The third kappa shape index (κ3) is 26.4. The number of aliphatic hydroxyl groups excluding tert-OH is 1. The van der Waals surface area contributed by atoms with E-state index in [4.69, 9.17) is 15.6 Å². The zero-order chi connectivity index (χ0) is 41.6. The molecule has 2 heterocycles. The summed E-state index contributed by atoms with van der Waals surface area (Å²) >= 11 is 4.08. The van der Waals surface area contributed by atoms with Crippen molar-refractivity contribution in [3.63, 3.8) is 0 Å². The summed E-state index contributed by atoms with van der Waals surface area (Å²) in [4.78, 5) is 63.8. The Morgan fingerprint density at radius 1 is 1.13 bits per heavy atom. The van der Waals surface area contributed by atoms with Crippen LogP contribution >= 0.6 is 12.6 Å². The molecule has 55 heavy (non-hydrogen) atoms. The van der Waals surface area contributed by atoms with Gasteiger partial charge in [0.15, 0.2) is 0 Å². The van der Waals surface area contributed by atoms with Crippen molar-refractivity contribution in [3.8, 4) is 5.75 Å². The van der Waals surface area contributed by atoms with Gasteiger partial charge in [-0.3, -0.25) is 19.2 Å². The lowest BCUT2D eigenvalue weighted by molar-refractivity contribution is -0.129. The molecule has 2 aromatic rings. The van der Waals surface area contributed by atoms with E-state index in [0.29, 0.717) is 25.1 Å². The fraction of sp³-hybridized carbons (Fsp3) is 0.650. The average Bonchev–Trinajstić information content (AvgIpc) is 4.09. The summed E-state index contributed by atoms with van der Waals surface area (Å²) < 4.78 is 9.79. The highest BCUT2D eigenvalue weighted by Gasteiger charge is 2.20. The highest BCUT2D eigenvalue weighted by Crippen LogP contribution is 2.34. The number of aryl methyl sites for hydroxylation is 1. The molecule has 0 radical (unpaired) electrons. The van der Waals surface area contributed by atoms with Gasteiger partial charge in [-0.15, -0.1) is 6.58 Å². The Balaban J connectivity index is 0.000000742. The second kappa shape index (κ2) is 31.1. The highest BCUT2D eigenvalue weighted by atomic mass is 32.1. The van der Waals surface area contributed by atoms with Crippen LogP contribution in [0, 0.1) is 5.92 Å². The first-order valence-corrected chi connectivity index (χ1v) is 20.1. The third-order valence-electron chi connectivity index (χ3n) is 7.87. The van der Waals surface area contributed by atoms with Crippen molar-refractivity contribution >= 4 is 48.0 Å². The number of nitrogens with one attached hydrogen (secondary N) is 3. The summed E-state index contributed by atoms with van der Waals surface area (Å²) in [5.74, 6) is 1.15. The third-order valence-corrected chi connectivity index (χ3v) is 8.39. The second-order valence-electron chi connectivity index (χ2n) is 13.2. The second-order valence-corrected chi connectivity index (χ2v) is 13.9. The van der Waals surface area contributed by atoms with Gasteiger partial charge in [-0.25, -0.2) is 9.78 Å². The van der Waals surface area contributed by atoms with Gasteiger partial charge in [-0.2, -0.15) is 12.6 Å². The predicted molar refractivity (Wildman–Crippen MR) is 222 cm³/mol. The molecule has 1 aromatic carbocycles. The first-order valence-electron chi connectivity index (χ1n) is 19.6. The van der Waals surface area contributed by atoms with Crippen LogP contribution in [0.2, 0.25) is 0 Å². The minimum Gasteiger partial charge on any atom is -0.497 e. The van der Waals surface area contributed by atoms with E-state index >= 15 is 0 Å². The van der Waals surface area contributed by atoms with Crippen LogP contribution in [0.5, 0.6) is 5.75 Å². The molecule has 2 aliphatic carbocycles. The van der Waals surface area contributed by atoms with E-state index in [1.165, 1.54) is 51.0 Å². The number of nitrogens with zero attached hydrogens (tertiary/aromatic N) is 2. The number of hydrogen-bond acceptors (Lipinski definition) is 10. The van der Waals surface area contributed by atoms with Gasteiger partial charge in [0, 0.05) is 30.5 Å². The number of likely N-dealkylation sites (tertiary alicyclic amines) is 1. The standard InChI is InChI=1S/C17H22N2O2.C9H16N2O3.C6H10N2O2.C3H8O.C3H6S.C2H6/c1-21-13-9-10-14-16(11-13)19-17(20)15(18-14)6-4-2-3-5-12-7-8-12;1-2-14-9(13)10-7-8(12)11-5-3-4-6-11;1-2-3-5(6(7)10)8-4-9;1-3(2)4;4-3-1-2-3;1-2/h9-12H,2-8H2,1H3,(H,19,20);2-7H2,1H3,(H,10,13);2,4-5H,1,3H2,(H2,7,10)(H,8,9);3-4H,1-2H3;3-4H,1-2H2;1-2H3. The Morgan fingerprint density at radius 3 is 2.24 bits per heavy atom. The van der Waals surface area contributed by atoms with Gasteiger partial charge >= 0.3 is 6.09 Å². The number of ether oxygens (including phenoxy) is 2. The topological polar surface area (TPSA) is 206 Å². The van der Waals surface area contributed by atoms with Crippen molar-refractivity contribution in [3.05, 3.63) is 46.9 Å². The van der Waals surface area contributed by atoms with E-state index in [0.717, 1.165) is 66.7 Å². The summed E-state index contributed by atoms with van der Waals surface area (Å²) in [7, 11) is 1.61. The Labute approximate surface area is 333 Å². The number of amides is 4. The number of carbonyl (C=O) groups is 4. The van der Waals surface area contributed by atoms with Gasteiger partial charge in [0.2, 0.25) is 18.2 Å². The van der Waals surface area contributed by atoms with Crippen LogP contribution in [0.15, 0.2) is 35.6 Å². The van der Waals surface area contributed by atoms with Gasteiger partial charge < -0.3 is 40.8 Å². The maximum absolute atomic E-state index is 12.1. The van der Waals surface area contributed by atoms with Crippen LogP contribution in [0.4, 0.5) is 4.79 Å². The molecule has 2 saturated carbocycles. The number of alkyl carbamates (subject to hydrolysis) is 1. The van der Waals surface area contributed by atoms with Gasteiger partial charge in [-0.05, 0) is 83.8 Å². The highest BCUT2D eigenvalue weighted by molar-refractivity contribution is 7.81.